The zero-order valence-corrected chi connectivity index (χ0v) is 13.7. The van der Waals surface area contributed by atoms with Gasteiger partial charge in [-0.25, -0.2) is 0 Å². The van der Waals surface area contributed by atoms with Crippen molar-refractivity contribution in [2.75, 3.05) is 0 Å². The number of hydrogen-bond donors (Lipinski definition) is 1. The van der Waals surface area contributed by atoms with E-state index in [0.717, 1.165) is 24.3 Å². The van der Waals surface area contributed by atoms with Gasteiger partial charge in [0.2, 0.25) is 12.2 Å². The monoisotopic (exact) mass is 311 g/mol. The first-order valence-corrected chi connectivity index (χ1v) is 7.72. The lowest BCUT2D eigenvalue weighted by molar-refractivity contribution is 0.419. The highest BCUT2D eigenvalue weighted by Gasteiger charge is 2.07. The predicted octanol–water partition coefficient (Wildman–Crippen LogP) is 2.73. The van der Waals surface area contributed by atoms with Crippen LogP contribution in [0.25, 0.3) is 11.4 Å². The van der Waals surface area contributed by atoms with Gasteiger partial charge < -0.3 is 9.84 Å². The Hall–Kier alpha value is -2.47. The molecule has 2 heterocycles. The summed E-state index contributed by atoms with van der Waals surface area (Å²) < 4.78 is 6.81. The Morgan fingerprint density at radius 3 is 2.61 bits per heavy atom. The summed E-state index contributed by atoms with van der Waals surface area (Å²) in [4.78, 5) is 4.04. The Morgan fingerprint density at radius 2 is 2.00 bits per heavy atom. The number of hydrogen-bond acceptors (Lipinski definition) is 5. The Kier molecular flexibility index (Phi) is 4.52. The number of rotatable bonds is 6. The van der Waals surface area contributed by atoms with Gasteiger partial charge >= 0.3 is 0 Å². The van der Waals surface area contributed by atoms with Gasteiger partial charge in [0.15, 0.2) is 0 Å². The van der Waals surface area contributed by atoms with Crippen LogP contribution in [0.5, 0.6) is 0 Å². The smallest absolute Gasteiger partial charge is 0.214 e. The Balaban J connectivity index is 1.54. The van der Waals surface area contributed by atoms with Crippen molar-refractivity contribution in [2.45, 2.75) is 39.9 Å². The van der Waals surface area contributed by atoms with Crippen LogP contribution in [0.3, 0.4) is 0 Å². The fourth-order valence-corrected chi connectivity index (χ4v) is 2.55. The van der Waals surface area contributed by atoms with E-state index in [-0.39, 0.29) is 0 Å². The van der Waals surface area contributed by atoms with Crippen LogP contribution in [0, 0.1) is 13.8 Å². The molecule has 0 fully saturated rings. The third kappa shape index (κ3) is 3.84. The van der Waals surface area contributed by atoms with Crippen molar-refractivity contribution < 1.29 is 4.52 Å². The number of aromatic nitrogens is 4. The van der Waals surface area contributed by atoms with Crippen molar-refractivity contribution in [1.82, 2.24) is 25.2 Å². The van der Waals surface area contributed by atoms with Crippen molar-refractivity contribution in [3.05, 3.63) is 53.7 Å². The van der Waals surface area contributed by atoms with Crippen molar-refractivity contribution in [1.29, 1.82) is 0 Å². The second-order valence-corrected chi connectivity index (χ2v) is 5.84. The lowest BCUT2D eigenvalue weighted by atomic mass is 10.1. The van der Waals surface area contributed by atoms with Crippen LogP contribution in [0.2, 0.25) is 0 Å². The van der Waals surface area contributed by atoms with Crippen molar-refractivity contribution in [3.8, 4) is 11.4 Å². The van der Waals surface area contributed by atoms with Gasteiger partial charge in [0, 0.05) is 23.8 Å². The standard InChI is InChI=1S/C17H21N5O/c1-12-8-14(3)22(20-12)10-13(2)18-9-15-4-6-16(7-5-15)17-19-11-23-21-17/h4-8,11,13,18H,9-10H2,1-3H3/t13-/m0/s1. The van der Waals surface area contributed by atoms with E-state index in [9.17, 15) is 0 Å². The molecule has 0 bridgehead atoms. The normalized spacial score (nSPS) is 12.5. The van der Waals surface area contributed by atoms with E-state index < -0.39 is 0 Å². The van der Waals surface area contributed by atoms with Crippen LogP contribution in [-0.4, -0.2) is 26.0 Å². The number of nitrogens with zero attached hydrogens (tertiary/aromatic N) is 4. The van der Waals surface area contributed by atoms with Crippen molar-refractivity contribution in [3.63, 3.8) is 0 Å². The first-order chi connectivity index (χ1) is 11.1. The molecule has 0 aliphatic heterocycles. The summed E-state index contributed by atoms with van der Waals surface area (Å²) in [5.41, 5.74) is 4.43. The summed E-state index contributed by atoms with van der Waals surface area (Å²) in [6.45, 7) is 7.95. The predicted molar refractivity (Wildman–Crippen MR) is 87.7 cm³/mol. The average molecular weight is 311 g/mol. The minimum atomic E-state index is 0.338. The third-order valence-electron chi connectivity index (χ3n) is 3.78. The molecule has 6 nitrogen and oxygen atoms in total. The fraction of sp³-hybridized carbons (Fsp3) is 0.353. The Labute approximate surface area is 135 Å². The summed E-state index contributed by atoms with van der Waals surface area (Å²) >= 11 is 0. The van der Waals surface area contributed by atoms with Gasteiger partial charge in [0.1, 0.15) is 0 Å². The largest absolute Gasteiger partial charge is 0.342 e. The van der Waals surface area contributed by atoms with Crippen molar-refractivity contribution >= 4 is 0 Å². The molecular weight excluding hydrogens is 290 g/mol. The maximum absolute atomic E-state index is 4.76. The lowest BCUT2D eigenvalue weighted by Crippen LogP contribution is -2.30. The summed E-state index contributed by atoms with van der Waals surface area (Å²) in [7, 11) is 0. The summed E-state index contributed by atoms with van der Waals surface area (Å²) in [5.74, 6) is 0.613. The molecule has 0 aliphatic carbocycles. The summed E-state index contributed by atoms with van der Waals surface area (Å²) in [5, 5.41) is 11.9. The van der Waals surface area contributed by atoms with Crippen LogP contribution in [-0.2, 0) is 13.1 Å². The second-order valence-electron chi connectivity index (χ2n) is 5.84. The van der Waals surface area contributed by atoms with Crippen LogP contribution < -0.4 is 5.32 Å². The molecule has 23 heavy (non-hydrogen) atoms. The van der Waals surface area contributed by atoms with E-state index in [1.807, 2.05) is 23.7 Å². The molecule has 2 aromatic heterocycles. The van der Waals surface area contributed by atoms with E-state index in [1.165, 1.54) is 17.7 Å². The second kappa shape index (κ2) is 6.75. The molecule has 0 radical (unpaired) electrons. The highest BCUT2D eigenvalue weighted by Crippen LogP contribution is 2.15. The average Bonchev–Trinajstić information content (AvgIpc) is 3.16. The Bertz CT molecular complexity index is 746. The van der Waals surface area contributed by atoms with Gasteiger partial charge in [-0.05, 0) is 32.4 Å². The van der Waals surface area contributed by atoms with Crippen LogP contribution >= 0.6 is 0 Å². The Morgan fingerprint density at radius 1 is 1.22 bits per heavy atom. The van der Waals surface area contributed by atoms with Gasteiger partial charge in [-0.2, -0.15) is 10.1 Å². The molecule has 0 amide bonds. The van der Waals surface area contributed by atoms with Gasteiger partial charge in [-0.1, -0.05) is 29.4 Å². The van der Waals surface area contributed by atoms with Gasteiger partial charge in [-0.3, -0.25) is 4.68 Å². The van der Waals surface area contributed by atoms with Crippen LogP contribution in [0.1, 0.15) is 23.9 Å². The number of nitrogens with one attached hydrogen (secondary N) is 1. The molecule has 3 aromatic rings. The summed E-state index contributed by atoms with van der Waals surface area (Å²) in [6, 6.07) is 10.6. The van der Waals surface area contributed by atoms with Crippen LogP contribution in [0.15, 0.2) is 41.2 Å². The quantitative estimate of drug-likeness (QED) is 0.758. The first kappa shape index (κ1) is 15.4. The lowest BCUT2D eigenvalue weighted by Gasteiger charge is -2.15. The highest BCUT2D eigenvalue weighted by atomic mass is 16.5. The van der Waals surface area contributed by atoms with E-state index in [0.29, 0.717) is 11.9 Å². The molecule has 1 N–H and O–H groups in total. The first-order valence-electron chi connectivity index (χ1n) is 7.72. The number of aryl methyl sites for hydroxylation is 2. The molecule has 0 aliphatic rings. The van der Waals surface area contributed by atoms with E-state index in [4.69, 9.17) is 4.52 Å². The topological polar surface area (TPSA) is 68.8 Å². The molecule has 1 aromatic carbocycles. The van der Waals surface area contributed by atoms with Gasteiger partial charge in [0.25, 0.3) is 0 Å². The third-order valence-corrected chi connectivity index (χ3v) is 3.78. The molecule has 1 atom stereocenters. The van der Waals surface area contributed by atoms with E-state index in [2.05, 4.69) is 52.6 Å². The molecule has 6 heteroatoms. The molecule has 0 saturated heterocycles. The zero-order chi connectivity index (χ0) is 16.2. The van der Waals surface area contributed by atoms with Gasteiger partial charge in [0.05, 0.1) is 12.2 Å². The van der Waals surface area contributed by atoms with Crippen LogP contribution in [0.4, 0.5) is 0 Å². The minimum Gasteiger partial charge on any atom is -0.342 e. The van der Waals surface area contributed by atoms with E-state index in [1.54, 1.807) is 0 Å². The number of benzene rings is 1. The zero-order valence-electron chi connectivity index (χ0n) is 13.7. The maximum atomic E-state index is 4.76. The molecule has 0 saturated carbocycles. The molecule has 120 valence electrons. The van der Waals surface area contributed by atoms with Crippen molar-refractivity contribution in [2.24, 2.45) is 0 Å². The van der Waals surface area contributed by atoms with E-state index >= 15 is 0 Å². The molecule has 0 unspecified atom stereocenters. The minimum absolute atomic E-state index is 0.338. The van der Waals surface area contributed by atoms with Gasteiger partial charge in [-0.15, -0.1) is 0 Å². The highest BCUT2D eigenvalue weighted by molar-refractivity contribution is 5.54. The molecule has 0 spiro atoms. The SMILES string of the molecule is Cc1cc(C)n(C[C@H](C)NCc2ccc(-c3ncon3)cc2)n1. The fourth-order valence-electron chi connectivity index (χ4n) is 2.55. The maximum Gasteiger partial charge on any atom is 0.214 e. The molecule has 3 rings (SSSR count). The molecular formula is C17H21N5O. The summed E-state index contributed by atoms with van der Waals surface area (Å²) in [6.07, 6.45) is 1.34.